The van der Waals surface area contributed by atoms with Gasteiger partial charge < -0.3 is 15.4 Å². The second-order valence-electron chi connectivity index (χ2n) is 10.3. The van der Waals surface area contributed by atoms with E-state index in [1.165, 1.54) is 19.3 Å². The second-order valence-corrected chi connectivity index (χ2v) is 10.3. The molecule has 1 atom stereocenters. The van der Waals surface area contributed by atoms with Crippen LogP contribution in [0.5, 0.6) is 5.75 Å². The van der Waals surface area contributed by atoms with Crippen molar-refractivity contribution in [3.05, 3.63) is 59.7 Å². The first-order valence-corrected chi connectivity index (χ1v) is 11.8. The van der Waals surface area contributed by atoms with Crippen molar-refractivity contribution < 1.29 is 14.3 Å². The van der Waals surface area contributed by atoms with Gasteiger partial charge in [-0.3, -0.25) is 9.59 Å². The van der Waals surface area contributed by atoms with Crippen molar-refractivity contribution in [1.29, 1.82) is 0 Å². The van der Waals surface area contributed by atoms with Gasteiger partial charge >= 0.3 is 0 Å². The average Bonchev–Trinajstić information content (AvgIpc) is 2.77. The number of hydrogen-bond acceptors (Lipinski definition) is 3. The van der Waals surface area contributed by atoms with Gasteiger partial charge in [0.1, 0.15) is 11.8 Å². The molecule has 4 saturated carbocycles. The Morgan fingerprint density at radius 1 is 0.906 bits per heavy atom. The number of nitrogens with one attached hydrogen (secondary N) is 2. The number of anilines is 1. The molecule has 0 saturated heterocycles. The Balaban J connectivity index is 1.42. The molecule has 2 N–H and O–H groups in total. The SMILES string of the molecule is COc1ccc(NC(=O)C(NC(=O)c2ccc(C)cc2)C23CC4CC(CC(C4)C2)C3)cc1. The first kappa shape index (κ1) is 21.0. The number of carbonyl (C=O) groups is 2. The number of ether oxygens (including phenoxy) is 1. The first-order valence-electron chi connectivity index (χ1n) is 11.8. The lowest BCUT2D eigenvalue weighted by Gasteiger charge is -2.58. The van der Waals surface area contributed by atoms with Gasteiger partial charge in [0.05, 0.1) is 7.11 Å². The Hall–Kier alpha value is -2.82. The summed E-state index contributed by atoms with van der Waals surface area (Å²) in [7, 11) is 1.62. The summed E-state index contributed by atoms with van der Waals surface area (Å²) in [4.78, 5) is 26.8. The molecule has 2 aromatic carbocycles. The highest BCUT2D eigenvalue weighted by atomic mass is 16.5. The van der Waals surface area contributed by atoms with Crippen molar-refractivity contribution in [3.63, 3.8) is 0 Å². The van der Waals surface area contributed by atoms with Crippen LogP contribution in [0.2, 0.25) is 0 Å². The monoisotopic (exact) mass is 432 g/mol. The van der Waals surface area contributed by atoms with Crippen LogP contribution in [0.25, 0.3) is 0 Å². The van der Waals surface area contributed by atoms with Gasteiger partial charge in [0.2, 0.25) is 5.91 Å². The first-order chi connectivity index (χ1) is 15.4. The molecule has 168 valence electrons. The van der Waals surface area contributed by atoms with Crippen LogP contribution in [0.3, 0.4) is 0 Å². The van der Waals surface area contributed by atoms with Gasteiger partial charge in [-0.15, -0.1) is 0 Å². The van der Waals surface area contributed by atoms with E-state index in [4.69, 9.17) is 4.74 Å². The zero-order chi connectivity index (χ0) is 22.3. The Labute approximate surface area is 189 Å². The Bertz CT molecular complexity index is 961. The minimum Gasteiger partial charge on any atom is -0.497 e. The zero-order valence-electron chi connectivity index (χ0n) is 18.9. The smallest absolute Gasteiger partial charge is 0.251 e. The van der Waals surface area contributed by atoms with Crippen molar-refractivity contribution in [2.45, 2.75) is 51.5 Å². The van der Waals surface area contributed by atoms with Gasteiger partial charge in [-0.05, 0) is 99.6 Å². The quantitative estimate of drug-likeness (QED) is 0.678. The highest BCUT2D eigenvalue weighted by Crippen LogP contribution is 2.61. The van der Waals surface area contributed by atoms with Crippen LogP contribution in [0, 0.1) is 30.1 Å². The molecule has 5 nitrogen and oxygen atoms in total. The van der Waals surface area contributed by atoms with E-state index in [9.17, 15) is 9.59 Å². The summed E-state index contributed by atoms with van der Waals surface area (Å²) in [5.74, 6) is 2.53. The van der Waals surface area contributed by atoms with E-state index in [0.29, 0.717) is 23.3 Å². The Morgan fingerprint density at radius 2 is 1.47 bits per heavy atom. The predicted octanol–water partition coefficient (Wildman–Crippen LogP) is 4.96. The Kier molecular flexibility index (Phi) is 5.44. The molecular formula is C27H32N2O3. The lowest BCUT2D eigenvalue weighted by Crippen LogP contribution is -2.61. The number of rotatable bonds is 6. The molecule has 4 bridgehead atoms. The van der Waals surface area contributed by atoms with E-state index in [-0.39, 0.29) is 17.2 Å². The van der Waals surface area contributed by atoms with E-state index in [2.05, 4.69) is 10.6 Å². The van der Waals surface area contributed by atoms with Crippen LogP contribution in [0.4, 0.5) is 5.69 Å². The number of benzene rings is 2. The summed E-state index contributed by atoms with van der Waals surface area (Å²) in [5, 5.41) is 6.25. The lowest BCUT2D eigenvalue weighted by atomic mass is 9.47. The molecule has 4 aliphatic carbocycles. The third-order valence-corrected chi connectivity index (χ3v) is 7.91. The average molecular weight is 433 g/mol. The van der Waals surface area contributed by atoms with Gasteiger partial charge in [0.15, 0.2) is 0 Å². The molecular weight excluding hydrogens is 400 g/mol. The van der Waals surface area contributed by atoms with Crippen molar-refractivity contribution in [1.82, 2.24) is 5.32 Å². The van der Waals surface area contributed by atoms with Crippen LogP contribution >= 0.6 is 0 Å². The van der Waals surface area contributed by atoms with E-state index >= 15 is 0 Å². The molecule has 4 fully saturated rings. The van der Waals surface area contributed by atoms with Crippen molar-refractivity contribution in [2.24, 2.45) is 23.2 Å². The molecule has 6 rings (SSSR count). The van der Waals surface area contributed by atoms with Gasteiger partial charge in [0.25, 0.3) is 5.91 Å². The molecule has 0 spiro atoms. The topological polar surface area (TPSA) is 67.4 Å². The van der Waals surface area contributed by atoms with E-state index in [1.807, 2.05) is 55.5 Å². The number of amides is 2. The zero-order valence-corrected chi connectivity index (χ0v) is 18.9. The molecule has 4 aliphatic rings. The molecule has 32 heavy (non-hydrogen) atoms. The maximum atomic E-state index is 13.6. The van der Waals surface area contributed by atoms with E-state index < -0.39 is 6.04 Å². The van der Waals surface area contributed by atoms with Crippen LogP contribution in [-0.2, 0) is 4.79 Å². The van der Waals surface area contributed by atoms with Crippen LogP contribution in [-0.4, -0.2) is 25.0 Å². The largest absolute Gasteiger partial charge is 0.497 e. The molecule has 0 aliphatic heterocycles. The van der Waals surface area contributed by atoms with Gasteiger partial charge in [0, 0.05) is 16.7 Å². The predicted molar refractivity (Wildman–Crippen MR) is 125 cm³/mol. The summed E-state index contributed by atoms with van der Waals surface area (Å²) >= 11 is 0. The summed E-state index contributed by atoms with van der Waals surface area (Å²) in [5.41, 5.74) is 2.28. The molecule has 0 heterocycles. The molecule has 1 unspecified atom stereocenters. The van der Waals surface area contributed by atoms with E-state index in [1.54, 1.807) is 7.11 Å². The van der Waals surface area contributed by atoms with Crippen molar-refractivity contribution >= 4 is 17.5 Å². The van der Waals surface area contributed by atoms with Crippen LogP contribution < -0.4 is 15.4 Å². The van der Waals surface area contributed by atoms with E-state index in [0.717, 1.165) is 36.3 Å². The fourth-order valence-electron chi connectivity index (χ4n) is 6.84. The third kappa shape index (κ3) is 4.01. The molecule has 2 aromatic rings. The minimum atomic E-state index is -0.535. The molecule has 0 aromatic heterocycles. The van der Waals surface area contributed by atoms with Gasteiger partial charge in [-0.1, -0.05) is 17.7 Å². The lowest BCUT2D eigenvalue weighted by molar-refractivity contribution is -0.129. The number of hydrogen-bond donors (Lipinski definition) is 2. The fraction of sp³-hybridized carbons (Fsp3) is 0.481. The maximum Gasteiger partial charge on any atom is 0.251 e. The van der Waals surface area contributed by atoms with Crippen molar-refractivity contribution in [2.75, 3.05) is 12.4 Å². The van der Waals surface area contributed by atoms with Gasteiger partial charge in [-0.25, -0.2) is 0 Å². The summed E-state index contributed by atoms with van der Waals surface area (Å²) in [6.07, 6.45) is 6.98. The van der Waals surface area contributed by atoms with Crippen molar-refractivity contribution in [3.8, 4) is 5.75 Å². The van der Waals surface area contributed by atoms with Crippen LogP contribution in [0.1, 0.15) is 54.4 Å². The molecule has 0 radical (unpaired) electrons. The number of methoxy groups -OCH3 is 1. The summed E-state index contributed by atoms with van der Waals surface area (Å²) < 4.78 is 5.23. The van der Waals surface area contributed by atoms with Crippen LogP contribution in [0.15, 0.2) is 48.5 Å². The molecule has 2 amide bonds. The highest BCUT2D eigenvalue weighted by molar-refractivity contribution is 6.01. The Morgan fingerprint density at radius 3 is 2.00 bits per heavy atom. The molecule has 5 heteroatoms. The number of carbonyl (C=O) groups excluding carboxylic acids is 2. The normalized spacial score (nSPS) is 28.8. The maximum absolute atomic E-state index is 13.6. The summed E-state index contributed by atoms with van der Waals surface area (Å²) in [6.45, 7) is 2.00. The standard InChI is InChI=1S/C27H32N2O3/c1-17-3-5-21(6-4-17)25(30)29-24(26(31)28-22-7-9-23(32-2)10-8-22)27-14-18-11-19(15-27)13-20(12-18)16-27/h3-10,18-20,24H,11-16H2,1-2H3,(H,28,31)(H,29,30). The number of aryl methyl sites for hydroxylation is 1. The second kappa shape index (κ2) is 8.27. The summed E-state index contributed by atoms with van der Waals surface area (Å²) in [6, 6.07) is 14.4. The van der Waals surface area contributed by atoms with Gasteiger partial charge in [-0.2, -0.15) is 0 Å². The fourth-order valence-corrected chi connectivity index (χ4v) is 6.84. The minimum absolute atomic E-state index is 0.113. The third-order valence-electron chi connectivity index (χ3n) is 7.91. The highest BCUT2D eigenvalue weighted by Gasteiger charge is 2.56.